The van der Waals surface area contributed by atoms with Crippen molar-refractivity contribution in [2.75, 3.05) is 60.3 Å². The van der Waals surface area contributed by atoms with Gasteiger partial charge in [0.1, 0.15) is 5.75 Å². The van der Waals surface area contributed by atoms with Gasteiger partial charge in [-0.2, -0.15) is 0 Å². The number of rotatable bonds is 37. The first-order valence-electron chi connectivity index (χ1n) is 26.7. The molecule has 10 heteroatoms. The molecule has 3 N–H and O–H groups in total. The third kappa shape index (κ3) is 25.1. The number of aryl methyl sites for hydroxylation is 2. The summed E-state index contributed by atoms with van der Waals surface area (Å²) < 4.78 is 5.81. The molecule has 0 aliphatic heterocycles. The van der Waals surface area contributed by atoms with Crippen molar-refractivity contribution < 1.29 is 29.0 Å². The van der Waals surface area contributed by atoms with Gasteiger partial charge in [-0.1, -0.05) is 149 Å². The van der Waals surface area contributed by atoms with Gasteiger partial charge in [-0.25, -0.2) is 0 Å². The number of nitrogens with one attached hydrogen (secondary N) is 2. The molecule has 0 spiro atoms. The predicted molar refractivity (Wildman–Crippen MR) is 287 cm³/mol. The molecule has 0 bridgehead atoms. The molecule has 0 radical (unpaired) electrons. The molecule has 0 aliphatic rings. The molecular formula is C58H92N4O6. The van der Waals surface area contributed by atoms with Crippen LogP contribution in [0.1, 0.15) is 203 Å². The van der Waals surface area contributed by atoms with Crippen LogP contribution in [0.25, 0.3) is 0 Å². The van der Waals surface area contributed by atoms with E-state index in [0.717, 1.165) is 67.0 Å². The van der Waals surface area contributed by atoms with Crippen molar-refractivity contribution in [1.29, 1.82) is 0 Å². The molecule has 2 amide bonds. The minimum absolute atomic E-state index is 0.0963. The first-order valence-corrected chi connectivity index (χ1v) is 26.7. The van der Waals surface area contributed by atoms with Crippen LogP contribution in [0.15, 0.2) is 60.7 Å². The number of nitrogens with zero attached hydrogens (tertiary/aromatic N) is 2. The number of aliphatic hydroxyl groups is 1. The van der Waals surface area contributed by atoms with E-state index in [-0.39, 0.29) is 12.4 Å². The number of benzene rings is 3. The van der Waals surface area contributed by atoms with Gasteiger partial charge < -0.3 is 30.3 Å². The largest absolute Gasteiger partial charge is 0.494 e. The number of ketones is 2. The number of ether oxygens (including phenoxy) is 1. The molecule has 10 nitrogen and oxygen atoms in total. The Balaban J connectivity index is 0.000000468. The number of carbonyl (C=O) groups is 4. The zero-order valence-corrected chi connectivity index (χ0v) is 43.7. The number of hydrogen-bond donors (Lipinski definition) is 3. The van der Waals surface area contributed by atoms with Crippen LogP contribution >= 0.6 is 0 Å². The summed E-state index contributed by atoms with van der Waals surface area (Å²) in [5.41, 5.74) is 5.57. The van der Waals surface area contributed by atoms with Gasteiger partial charge in [-0.3, -0.25) is 19.2 Å². The summed E-state index contributed by atoms with van der Waals surface area (Å²) in [6.07, 6.45) is 29.6. The zero-order chi connectivity index (χ0) is 49.8. The van der Waals surface area contributed by atoms with Crippen molar-refractivity contribution in [3.8, 4) is 5.75 Å². The highest BCUT2D eigenvalue weighted by Crippen LogP contribution is 2.25. The van der Waals surface area contributed by atoms with Gasteiger partial charge in [-0.15, -0.1) is 0 Å². The lowest BCUT2D eigenvalue weighted by atomic mass is 10.0. The Kier molecular flexibility index (Phi) is 32.5. The van der Waals surface area contributed by atoms with Gasteiger partial charge in [0.2, 0.25) is 5.78 Å². The van der Waals surface area contributed by atoms with Gasteiger partial charge >= 0.3 is 0 Å². The standard InChI is InChI=1S/C30H44N2O3.C28H48N2O3/c1-5-7-8-9-10-11-12-13-14-15-22-35-27-19-16-25(17-20-27)29(33)30(34)31-28-21-18-26(23-24(28)3)32(4)6-2;1-4-6-7-8-9-10-11-12-13-14-15-16-17-18-27(32)28(33)29-26-20-19-25(23-24(26)3)30(5-2)21-22-31/h16-21,23H,5-15,22H2,1-4H3,(H,31,34);19-20,23,31H,4-18,21-22H2,1-3H3,(H,29,33). The van der Waals surface area contributed by atoms with Crippen molar-refractivity contribution in [3.05, 3.63) is 77.4 Å². The SMILES string of the molecule is CCCCCCCCCCCCCCCC(=O)C(=O)Nc1ccc(N(CC)CCO)cc1C.CCCCCCCCCCCCOc1ccc(C(=O)C(=O)Nc2ccc(N(C)CC)cc2C)cc1. The molecule has 0 aromatic heterocycles. The monoisotopic (exact) mass is 941 g/mol. The van der Waals surface area contributed by atoms with Crippen LogP contribution in [0.4, 0.5) is 22.7 Å². The van der Waals surface area contributed by atoms with Crippen molar-refractivity contribution >= 4 is 46.1 Å². The highest BCUT2D eigenvalue weighted by atomic mass is 16.5. The molecule has 0 atom stereocenters. The van der Waals surface area contributed by atoms with Gasteiger partial charge in [0.05, 0.1) is 13.2 Å². The third-order valence-electron chi connectivity index (χ3n) is 12.8. The van der Waals surface area contributed by atoms with Crippen molar-refractivity contribution in [2.45, 2.75) is 196 Å². The van der Waals surface area contributed by atoms with Crippen LogP contribution in [-0.2, 0) is 14.4 Å². The van der Waals surface area contributed by atoms with E-state index in [9.17, 15) is 24.3 Å². The summed E-state index contributed by atoms with van der Waals surface area (Å²) in [5, 5.41) is 14.7. The minimum atomic E-state index is -0.635. The highest BCUT2D eigenvalue weighted by Gasteiger charge is 2.18. The molecule has 0 saturated carbocycles. The van der Waals surface area contributed by atoms with Crippen LogP contribution in [0.2, 0.25) is 0 Å². The zero-order valence-electron chi connectivity index (χ0n) is 43.7. The molecule has 0 saturated heterocycles. The van der Waals surface area contributed by atoms with Crippen LogP contribution in [-0.4, -0.2) is 68.4 Å². The molecule has 0 unspecified atom stereocenters. The number of hydrogen-bond acceptors (Lipinski definition) is 8. The summed E-state index contributed by atoms with van der Waals surface area (Å²) in [4.78, 5) is 53.8. The van der Waals surface area contributed by atoms with Gasteiger partial charge in [0.25, 0.3) is 17.6 Å². The molecular weight excluding hydrogens is 849 g/mol. The number of unbranched alkanes of at least 4 members (excludes halogenated alkanes) is 21. The summed E-state index contributed by atoms with van der Waals surface area (Å²) in [6, 6.07) is 18.3. The van der Waals surface area contributed by atoms with Crippen molar-refractivity contribution in [3.63, 3.8) is 0 Å². The lowest BCUT2D eigenvalue weighted by Gasteiger charge is -2.23. The predicted octanol–water partition coefficient (Wildman–Crippen LogP) is 14.4. The Morgan fingerprint density at radius 2 is 0.971 bits per heavy atom. The lowest BCUT2D eigenvalue weighted by Crippen LogP contribution is -2.26. The number of likely N-dealkylation sites (N-methyl/N-ethyl adjacent to an activating group) is 1. The average molecular weight is 941 g/mol. The molecule has 3 aromatic rings. The molecule has 3 aromatic carbocycles. The molecule has 380 valence electrons. The molecule has 0 heterocycles. The molecule has 0 aliphatic carbocycles. The molecule has 0 fully saturated rings. The minimum Gasteiger partial charge on any atom is -0.494 e. The maximum atomic E-state index is 12.6. The van der Waals surface area contributed by atoms with Crippen LogP contribution in [0.5, 0.6) is 5.75 Å². The van der Waals surface area contributed by atoms with Gasteiger partial charge in [-0.05, 0) is 112 Å². The number of aliphatic hydroxyl groups excluding tert-OH is 1. The van der Waals surface area contributed by atoms with E-state index in [1.165, 1.54) is 122 Å². The summed E-state index contributed by atoms with van der Waals surface area (Å²) in [6.45, 7) is 15.5. The van der Waals surface area contributed by atoms with E-state index in [4.69, 9.17) is 4.74 Å². The quantitative estimate of drug-likeness (QED) is 0.0296. The second-order valence-corrected chi connectivity index (χ2v) is 18.5. The Morgan fingerprint density at radius 1 is 0.529 bits per heavy atom. The normalized spacial score (nSPS) is 10.8. The average Bonchev–Trinajstić information content (AvgIpc) is 3.34. The summed E-state index contributed by atoms with van der Waals surface area (Å²) in [5.74, 6) is -1.32. The fraction of sp³-hybridized carbons (Fsp3) is 0.621. The topological polar surface area (TPSA) is 128 Å². The first kappa shape index (κ1) is 59.4. The summed E-state index contributed by atoms with van der Waals surface area (Å²) in [7, 11) is 2.02. The maximum Gasteiger partial charge on any atom is 0.296 e. The second kappa shape index (κ2) is 37.2. The van der Waals surface area contributed by atoms with Crippen LogP contribution in [0.3, 0.4) is 0 Å². The number of amides is 2. The van der Waals surface area contributed by atoms with E-state index in [0.29, 0.717) is 36.5 Å². The Morgan fingerprint density at radius 3 is 1.43 bits per heavy atom. The number of Topliss-reactive ketones (excluding diaryl/α,β-unsaturated/α-hetero) is 2. The molecule has 3 rings (SSSR count). The number of anilines is 4. The first-order chi connectivity index (χ1) is 33.0. The van der Waals surface area contributed by atoms with E-state index in [2.05, 4.69) is 41.2 Å². The fourth-order valence-electron chi connectivity index (χ4n) is 8.18. The van der Waals surface area contributed by atoms with E-state index < -0.39 is 17.6 Å². The van der Waals surface area contributed by atoms with Gasteiger partial charge in [0.15, 0.2) is 0 Å². The lowest BCUT2D eigenvalue weighted by molar-refractivity contribution is -0.134. The van der Waals surface area contributed by atoms with Crippen LogP contribution < -0.4 is 25.2 Å². The van der Waals surface area contributed by atoms with E-state index in [1.54, 1.807) is 24.3 Å². The highest BCUT2D eigenvalue weighted by molar-refractivity contribution is 6.46. The molecule has 68 heavy (non-hydrogen) atoms. The second-order valence-electron chi connectivity index (χ2n) is 18.5. The number of carbonyl (C=O) groups excluding carboxylic acids is 4. The van der Waals surface area contributed by atoms with Gasteiger partial charge in [0, 0.05) is 61.4 Å². The Hall–Kier alpha value is -4.70. The Bertz CT molecular complexity index is 1850. The van der Waals surface area contributed by atoms with Crippen LogP contribution in [0, 0.1) is 13.8 Å². The Labute approximate surface area is 412 Å². The summed E-state index contributed by atoms with van der Waals surface area (Å²) >= 11 is 0. The van der Waals surface area contributed by atoms with E-state index >= 15 is 0 Å². The van der Waals surface area contributed by atoms with E-state index in [1.807, 2.05) is 64.2 Å². The third-order valence-corrected chi connectivity index (χ3v) is 12.8. The smallest absolute Gasteiger partial charge is 0.296 e. The van der Waals surface area contributed by atoms with Crippen molar-refractivity contribution in [1.82, 2.24) is 0 Å². The maximum absolute atomic E-state index is 12.6. The van der Waals surface area contributed by atoms with Crippen molar-refractivity contribution in [2.24, 2.45) is 0 Å². The fourth-order valence-corrected chi connectivity index (χ4v) is 8.18.